The Morgan fingerprint density at radius 2 is 1.56 bits per heavy atom. The number of fused-ring (bicyclic) bond motifs is 3. The van der Waals surface area contributed by atoms with E-state index in [9.17, 15) is 19.2 Å². The third kappa shape index (κ3) is 13.6. The standard InChI is InChI=1S/C38H53NO7SSi/c1-6-7-8-9-10-22-36(41)47-24-16-15-17-29(26-35(40)44-23-25-48(3,4)5)46-37(42)28(2)39-38(43)45-27-34-32-20-13-11-18-30(32)31-19-12-14-21-33(31)34/h11-15,17-21,28-29,34H,6-10,16,22-27H2,1-5H3,(H,39,43)/t28-,29+/m0/s1. The fourth-order valence-corrected chi connectivity index (χ4v) is 6.89. The predicted octanol–water partition coefficient (Wildman–Crippen LogP) is 8.66. The van der Waals surface area contributed by atoms with Gasteiger partial charge in [-0.15, -0.1) is 0 Å². The van der Waals surface area contributed by atoms with Crippen LogP contribution < -0.4 is 5.32 Å². The lowest BCUT2D eigenvalue weighted by Gasteiger charge is -2.20. The fourth-order valence-electron chi connectivity index (χ4n) is 5.40. The monoisotopic (exact) mass is 695 g/mol. The van der Waals surface area contributed by atoms with E-state index in [0.717, 1.165) is 47.6 Å². The first-order valence-electron chi connectivity index (χ1n) is 17.3. The smallest absolute Gasteiger partial charge is 0.407 e. The van der Waals surface area contributed by atoms with Crippen LogP contribution in [0.5, 0.6) is 0 Å². The molecule has 2 atom stereocenters. The molecule has 1 amide bonds. The Morgan fingerprint density at radius 1 is 0.917 bits per heavy atom. The van der Waals surface area contributed by atoms with Crippen LogP contribution in [0.3, 0.4) is 0 Å². The highest BCUT2D eigenvalue weighted by molar-refractivity contribution is 8.13. The van der Waals surface area contributed by atoms with Gasteiger partial charge in [0.15, 0.2) is 5.12 Å². The quantitative estimate of drug-likeness (QED) is 0.0482. The zero-order valence-electron chi connectivity index (χ0n) is 29.3. The lowest BCUT2D eigenvalue weighted by Crippen LogP contribution is -2.41. The molecule has 2 aromatic rings. The van der Waals surface area contributed by atoms with Crippen LogP contribution in [0.4, 0.5) is 4.79 Å². The summed E-state index contributed by atoms with van der Waals surface area (Å²) in [6.45, 7) is 10.7. The van der Waals surface area contributed by atoms with E-state index in [0.29, 0.717) is 25.2 Å². The van der Waals surface area contributed by atoms with Crippen LogP contribution in [0.15, 0.2) is 60.7 Å². The van der Waals surface area contributed by atoms with Crippen molar-refractivity contribution in [3.05, 3.63) is 71.8 Å². The van der Waals surface area contributed by atoms with Crippen LogP contribution in [0, 0.1) is 0 Å². The number of amides is 1. The molecular weight excluding hydrogens is 643 g/mol. The number of hydrogen-bond acceptors (Lipinski definition) is 8. The Hall–Kier alpha value is -3.37. The normalized spacial score (nSPS) is 13.8. The number of esters is 2. The second kappa shape index (κ2) is 20.2. The summed E-state index contributed by atoms with van der Waals surface area (Å²) < 4.78 is 16.7. The van der Waals surface area contributed by atoms with Crippen LogP contribution in [-0.2, 0) is 28.6 Å². The van der Waals surface area contributed by atoms with Gasteiger partial charge in [0.05, 0.1) is 13.0 Å². The first-order valence-corrected chi connectivity index (χ1v) is 22.0. The Morgan fingerprint density at radius 3 is 2.21 bits per heavy atom. The van der Waals surface area contributed by atoms with Gasteiger partial charge in [0.2, 0.25) is 0 Å². The topological polar surface area (TPSA) is 108 Å². The molecule has 0 aromatic heterocycles. The molecule has 262 valence electrons. The molecule has 0 saturated heterocycles. The van der Waals surface area contributed by atoms with Gasteiger partial charge in [-0.05, 0) is 54.1 Å². The third-order valence-corrected chi connectivity index (χ3v) is 10.8. The second-order valence-corrected chi connectivity index (χ2v) is 20.3. The number of rotatable bonds is 20. The van der Waals surface area contributed by atoms with E-state index in [1.807, 2.05) is 42.5 Å². The number of carbonyl (C=O) groups excluding carboxylic acids is 4. The van der Waals surface area contributed by atoms with Crippen molar-refractivity contribution in [2.75, 3.05) is 19.0 Å². The molecule has 0 bridgehead atoms. The summed E-state index contributed by atoms with van der Waals surface area (Å²) in [5.74, 6) is -0.655. The fraction of sp³-hybridized carbons (Fsp3) is 0.526. The van der Waals surface area contributed by atoms with Crippen LogP contribution >= 0.6 is 11.8 Å². The van der Waals surface area contributed by atoms with Crippen LogP contribution in [0.25, 0.3) is 11.1 Å². The van der Waals surface area contributed by atoms with Crippen molar-refractivity contribution in [1.82, 2.24) is 5.32 Å². The summed E-state index contributed by atoms with van der Waals surface area (Å²) >= 11 is 1.30. The van der Waals surface area contributed by atoms with Crippen molar-refractivity contribution in [2.24, 2.45) is 0 Å². The van der Waals surface area contributed by atoms with Crippen molar-refractivity contribution in [1.29, 1.82) is 0 Å². The van der Waals surface area contributed by atoms with E-state index in [1.165, 1.54) is 31.5 Å². The van der Waals surface area contributed by atoms with E-state index in [2.05, 4.69) is 44.0 Å². The Labute approximate surface area is 291 Å². The Bertz CT molecular complexity index is 1340. The first-order chi connectivity index (χ1) is 23.0. The van der Waals surface area contributed by atoms with Crippen molar-refractivity contribution >= 4 is 43.0 Å². The van der Waals surface area contributed by atoms with Crippen molar-refractivity contribution in [2.45, 2.75) is 109 Å². The Balaban J connectivity index is 1.50. The summed E-state index contributed by atoms with van der Waals surface area (Å²) in [6, 6.07) is 16.0. The number of allylic oxidation sites excluding steroid dienone is 1. The van der Waals surface area contributed by atoms with Gasteiger partial charge in [-0.2, -0.15) is 0 Å². The molecule has 0 saturated carbocycles. The van der Waals surface area contributed by atoms with Gasteiger partial charge in [-0.25, -0.2) is 9.59 Å². The van der Waals surface area contributed by atoms with Gasteiger partial charge in [-0.1, -0.05) is 119 Å². The molecule has 0 spiro atoms. The highest BCUT2D eigenvalue weighted by Gasteiger charge is 2.30. The summed E-state index contributed by atoms with van der Waals surface area (Å²) in [6.07, 6.45) is 8.43. The average molecular weight is 696 g/mol. The number of carbonyl (C=O) groups is 4. The Kier molecular flexibility index (Phi) is 16.5. The van der Waals surface area contributed by atoms with Crippen LogP contribution in [0.1, 0.15) is 82.3 Å². The van der Waals surface area contributed by atoms with Gasteiger partial charge in [0.1, 0.15) is 18.8 Å². The molecular formula is C38H53NO7SSi. The molecule has 0 radical (unpaired) electrons. The largest absolute Gasteiger partial charge is 0.466 e. The van der Waals surface area contributed by atoms with E-state index in [1.54, 1.807) is 6.08 Å². The maximum absolute atomic E-state index is 13.0. The number of benzene rings is 2. The molecule has 0 fully saturated rings. The number of nitrogens with one attached hydrogen (secondary N) is 1. The predicted molar refractivity (Wildman–Crippen MR) is 196 cm³/mol. The maximum Gasteiger partial charge on any atom is 0.407 e. The van der Waals surface area contributed by atoms with Gasteiger partial charge in [0.25, 0.3) is 0 Å². The van der Waals surface area contributed by atoms with Crippen LogP contribution in [0.2, 0.25) is 25.7 Å². The molecule has 10 heteroatoms. The summed E-state index contributed by atoms with van der Waals surface area (Å²) in [4.78, 5) is 50.6. The second-order valence-electron chi connectivity index (χ2n) is 13.5. The minimum Gasteiger partial charge on any atom is -0.466 e. The van der Waals surface area contributed by atoms with Crippen molar-refractivity contribution in [3.8, 4) is 11.1 Å². The van der Waals surface area contributed by atoms with Gasteiger partial charge < -0.3 is 19.5 Å². The average Bonchev–Trinajstić information content (AvgIpc) is 3.36. The zero-order chi connectivity index (χ0) is 34.9. The molecule has 2 aromatic carbocycles. The molecule has 0 unspecified atom stereocenters. The highest BCUT2D eigenvalue weighted by atomic mass is 32.2. The van der Waals surface area contributed by atoms with E-state index in [-0.39, 0.29) is 24.1 Å². The third-order valence-electron chi connectivity index (χ3n) is 8.16. The number of ether oxygens (including phenoxy) is 3. The molecule has 1 aliphatic carbocycles. The van der Waals surface area contributed by atoms with Gasteiger partial charge in [0, 0.05) is 26.2 Å². The summed E-state index contributed by atoms with van der Waals surface area (Å²) in [5, 5.41) is 2.75. The number of thioether (sulfide) groups is 1. The lowest BCUT2D eigenvalue weighted by atomic mass is 9.98. The highest BCUT2D eigenvalue weighted by Crippen LogP contribution is 2.44. The SMILES string of the molecule is CCCCCCCC(=O)SCCC=C[C@H](CC(=O)OCC[Si](C)(C)C)OC(=O)[C@H](C)NC(=O)OCC1c2ccccc2-c2ccccc21. The first kappa shape index (κ1) is 39.1. The summed E-state index contributed by atoms with van der Waals surface area (Å²) in [5.41, 5.74) is 4.44. The number of unbranched alkanes of at least 4 members (excludes halogenated alkanes) is 4. The van der Waals surface area contributed by atoms with Gasteiger partial charge in [-0.3, -0.25) is 9.59 Å². The molecule has 0 heterocycles. The zero-order valence-corrected chi connectivity index (χ0v) is 31.1. The summed E-state index contributed by atoms with van der Waals surface area (Å²) in [7, 11) is -1.38. The molecule has 1 aliphatic rings. The molecule has 0 aliphatic heterocycles. The van der Waals surface area contributed by atoms with Gasteiger partial charge >= 0.3 is 18.0 Å². The molecule has 3 rings (SSSR count). The van der Waals surface area contributed by atoms with E-state index in [4.69, 9.17) is 14.2 Å². The van der Waals surface area contributed by atoms with E-state index < -0.39 is 38.3 Å². The van der Waals surface area contributed by atoms with Crippen molar-refractivity contribution < 1.29 is 33.4 Å². The number of hydrogen-bond donors (Lipinski definition) is 1. The minimum absolute atomic E-state index is 0.105. The minimum atomic E-state index is -1.38. The van der Waals surface area contributed by atoms with Crippen molar-refractivity contribution in [3.63, 3.8) is 0 Å². The van der Waals surface area contributed by atoms with E-state index >= 15 is 0 Å². The molecule has 1 N–H and O–H groups in total. The van der Waals surface area contributed by atoms with Crippen LogP contribution in [-0.4, -0.2) is 62.3 Å². The number of alkyl carbamates (subject to hydrolysis) is 1. The molecule has 48 heavy (non-hydrogen) atoms. The maximum atomic E-state index is 13.0. The molecule has 8 nitrogen and oxygen atoms in total. The lowest BCUT2D eigenvalue weighted by molar-refractivity contribution is -0.153.